The molecule has 4 unspecified atom stereocenters. The van der Waals surface area contributed by atoms with E-state index in [9.17, 15) is 9.59 Å². The molecule has 0 aromatic rings. The summed E-state index contributed by atoms with van der Waals surface area (Å²) in [4.78, 5) is 29.2. The standard InChI is InChI=1S/C17H28N2O2/c1-3-13-7-8-14(12(13)2)19-11-9-16(20)18-10-5-4-6-15(18)17(19)21/h12-15H,3-11H2,1-2H3. The van der Waals surface area contributed by atoms with Gasteiger partial charge in [0.25, 0.3) is 0 Å². The van der Waals surface area contributed by atoms with Crippen molar-refractivity contribution in [2.24, 2.45) is 11.8 Å². The van der Waals surface area contributed by atoms with Crippen LogP contribution in [-0.2, 0) is 9.59 Å². The van der Waals surface area contributed by atoms with E-state index in [4.69, 9.17) is 0 Å². The van der Waals surface area contributed by atoms with Crippen LogP contribution in [0.5, 0.6) is 0 Å². The van der Waals surface area contributed by atoms with Crippen LogP contribution in [0.25, 0.3) is 0 Å². The lowest BCUT2D eigenvalue weighted by molar-refractivity contribution is -0.144. The molecule has 0 radical (unpaired) electrons. The summed E-state index contributed by atoms with van der Waals surface area (Å²) in [5, 5.41) is 0. The fourth-order valence-electron chi connectivity index (χ4n) is 4.72. The van der Waals surface area contributed by atoms with Gasteiger partial charge in [-0.2, -0.15) is 0 Å². The Morgan fingerprint density at radius 1 is 1.05 bits per heavy atom. The van der Waals surface area contributed by atoms with Crippen LogP contribution >= 0.6 is 0 Å². The van der Waals surface area contributed by atoms with Crippen LogP contribution in [0.3, 0.4) is 0 Å². The SMILES string of the molecule is CCC1CCC(N2CCC(=O)N3CCCCC3C2=O)C1C. The van der Waals surface area contributed by atoms with Gasteiger partial charge in [-0.25, -0.2) is 0 Å². The Bertz CT molecular complexity index is 423. The van der Waals surface area contributed by atoms with Gasteiger partial charge in [0.1, 0.15) is 6.04 Å². The molecule has 3 fully saturated rings. The summed E-state index contributed by atoms with van der Waals surface area (Å²) in [5.41, 5.74) is 0. The highest BCUT2D eigenvalue weighted by Crippen LogP contribution is 2.38. The number of nitrogens with zero attached hydrogens (tertiary/aromatic N) is 2. The smallest absolute Gasteiger partial charge is 0.245 e. The highest BCUT2D eigenvalue weighted by molar-refractivity contribution is 5.90. The average molecular weight is 292 g/mol. The number of fused-ring (bicyclic) bond motifs is 1. The van der Waals surface area contributed by atoms with Crippen LogP contribution in [0.2, 0.25) is 0 Å². The molecule has 0 bridgehead atoms. The lowest BCUT2D eigenvalue weighted by Crippen LogP contribution is -2.52. The van der Waals surface area contributed by atoms with E-state index >= 15 is 0 Å². The van der Waals surface area contributed by atoms with Crippen molar-refractivity contribution >= 4 is 11.8 Å². The summed E-state index contributed by atoms with van der Waals surface area (Å²) in [6, 6.07) is 0.193. The number of carbonyl (C=O) groups is 2. The molecule has 2 aliphatic heterocycles. The predicted octanol–water partition coefficient (Wildman–Crippen LogP) is 2.42. The molecule has 3 aliphatic rings. The molecule has 2 heterocycles. The third kappa shape index (κ3) is 2.58. The van der Waals surface area contributed by atoms with Gasteiger partial charge >= 0.3 is 0 Å². The minimum absolute atomic E-state index is 0.165. The second kappa shape index (κ2) is 5.98. The summed E-state index contributed by atoms with van der Waals surface area (Å²) in [7, 11) is 0. The second-order valence-electron chi connectivity index (χ2n) is 7.05. The molecular weight excluding hydrogens is 264 g/mol. The van der Waals surface area contributed by atoms with E-state index in [1.165, 1.54) is 12.8 Å². The number of piperidine rings is 1. The average Bonchev–Trinajstić information content (AvgIpc) is 2.82. The van der Waals surface area contributed by atoms with E-state index in [1.807, 2.05) is 4.90 Å². The molecule has 4 nitrogen and oxygen atoms in total. The largest absolute Gasteiger partial charge is 0.337 e. The van der Waals surface area contributed by atoms with Gasteiger partial charge in [-0.1, -0.05) is 20.3 Å². The first kappa shape index (κ1) is 14.9. The zero-order valence-corrected chi connectivity index (χ0v) is 13.4. The van der Waals surface area contributed by atoms with Crippen LogP contribution in [0.1, 0.15) is 58.8 Å². The first-order valence-corrected chi connectivity index (χ1v) is 8.73. The molecule has 1 saturated carbocycles. The fourth-order valence-corrected chi connectivity index (χ4v) is 4.72. The minimum Gasteiger partial charge on any atom is -0.337 e. The van der Waals surface area contributed by atoms with Crippen molar-refractivity contribution < 1.29 is 9.59 Å². The third-order valence-electron chi connectivity index (χ3n) is 6.07. The van der Waals surface area contributed by atoms with Crippen molar-refractivity contribution in [1.29, 1.82) is 0 Å². The zero-order chi connectivity index (χ0) is 15.0. The Balaban J connectivity index is 1.80. The summed E-state index contributed by atoms with van der Waals surface area (Å²) in [6.07, 6.45) is 7.05. The molecule has 2 saturated heterocycles. The van der Waals surface area contributed by atoms with Crippen molar-refractivity contribution in [3.63, 3.8) is 0 Å². The lowest BCUT2D eigenvalue weighted by atomic mass is 9.92. The van der Waals surface area contributed by atoms with Gasteiger partial charge in [0, 0.05) is 25.6 Å². The molecule has 3 rings (SSSR count). The van der Waals surface area contributed by atoms with Crippen LogP contribution in [0.15, 0.2) is 0 Å². The Hall–Kier alpha value is -1.06. The predicted molar refractivity (Wildman–Crippen MR) is 81.6 cm³/mol. The van der Waals surface area contributed by atoms with Gasteiger partial charge in [-0.05, 0) is 43.9 Å². The highest BCUT2D eigenvalue weighted by atomic mass is 16.2. The Morgan fingerprint density at radius 3 is 2.57 bits per heavy atom. The topological polar surface area (TPSA) is 40.6 Å². The maximum absolute atomic E-state index is 13.0. The van der Waals surface area contributed by atoms with Gasteiger partial charge in [0.15, 0.2) is 0 Å². The van der Waals surface area contributed by atoms with Crippen LogP contribution in [0.4, 0.5) is 0 Å². The van der Waals surface area contributed by atoms with Gasteiger partial charge in [-0.3, -0.25) is 9.59 Å². The third-order valence-corrected chi connectivity index (χ3v) is 6.07. The Labute approximate surface area is 127 Å². The van der Waals surface area contributed by atoms with Crippen molar-refractivity contribution in [1.82, 2.24) is 9.80 Å². The molecule has 1 aliphatic carbocycles. The van der Waals surface area contributed by atoms with Crippen molar-refractivity contribution in [3.05, 3.63) is 0 Å². The van der Waals surface area contributed by atoms with E-state index in [-0.39, 0.29) is 17.9 Å². The summed E-state index contributed by atoms with van der Waals surface area (Å²) < 4.78 is 0. The molecule has 0 N–H and O–H groups in total. The van der Waals surface area contributed by atoms with E-state index in [2.05, 4.69) is 18.7 Å². The van der Waals surface area contributed by atoms with Crippen molar-refractivity contribution in [2.75, 3.05) is 13.1 Å². The number of carbonyl (C=O) groups excluding carboxylic acids is 2. The lowest BCUT2D eigenvalue weighted by Gasteiger charge is -2.37. The molecule has 2 amide bonds. The fraction of sp³-hybridized carbons (Fsp3) is 0.882. The molecule has 4 atom stereocenters. The summed E-state index contributed by atoms with van der Waals surface area (Å²) in [5.74, 6) is 1.73. The van der Waals surface area contributed by atoms with Crippen LogP contribution in [-0.4, -0.2) is 46.8 Å². The van der Waals surface area contributed by atoms with Gasteiger partial charge in [0.2, 0.25) is 11.8 Å². The number of rotatable bonds is 2. The summed E-state index contributed by atoms with van der Waals surface area (Å²) in [6.45, 7) is 5.96. The number of hydrogen-bond donors (Lipinski definition) is 0. The number of hydrogen-bond acceptors (Lipinski definition) is 2. The number of amides is 2. The quantitative estimate of drug-likeness (QED) is 0.784. The van der Waals surface area contributed by atoms with E-state index < -0.39 is 0 Å². The molecule has 21 heavy (non-hydrogen) atoms. The highest BCUT2D eigenvalue weighted by Gasteiger charge is 2.43. The Kier molecular flexibility index (Phi) is 4.23. The van der Waals surface area contributed by atoms with E-state index in [0.29, 0.717) is 24.9 Å². The molecule has 4 heteroatoms. The Morgan fingerprint density at radius 2 is 1.86 bits per heavy atom. The summed E-state index contributed by atoms with van der Waals surface area (Å²) >= 11 is 0. The monoisotopic (exact) mass is 292 g/mol. The molecular formula is C17H28N2O2. The zero-order valence-electron chi connectivity index (χ0n) is 13.4. The molecule has 118 valence electrons. The van der Waals surface area contributed by atoms with E-state index in [1.54, 1.807) is 0 Å². The first-order chi connectivity index (χ1) is 10.1. The maximum Gasteiger partial charge on any atom is 0.245 e. The molecule has 0 aromatic heterocycles. The molecule has 0 aromatic carbocycles. The molecule has 0 spiro atoms. The van der Waals surface area contributed by atoms with Crippen molar-refractivity contribution in [3.8, 4) is 0 Å². The van der Waals surface area contributed by atoms with Crippen molar-refractivity contribution in [2.45, 2.75) is 70.9 Å². The maximum atomic E-state index is 13.0. The normalized spacial score (nSPS) is 37.6. The first-order valence-electron chi connectivity index (χ1n) is 8.73. The van der Waals surface area contributed by atoms with Crippen LogP contribution < -0.4 is 0 Å². The van der Waals surface area contributed by atoms with Gasteiger partial charge in [-0.15, -0.1) is 0 Å². The van der Waals surface area contributed by atoms with Gasteiger partial charge < -0.3 is 9.80 Å². The van der Waals surface area contributed by atoms with E-state index in [0.717, 1.165) is 38.1 Å². The minimum atomic E-state index is -0.165. The van der Waals surface area contributed by atoms with Crippen LogP contribution in [0, 0.1) is 11.8 Å². The second-order valence-corrected chi connectivity index (χ2v) is 7.05. The van der Waals surface area contributed by atoms with Gasteiger partial charge in [0.05, 0.1) is 0 Å².